The Labute approximate surface area is 114 Å². The molecule has 0 atom stereocenters. The van der Waals surface area contributed by atoms with Crippen LogP contribution in [0.4, 0.5) is 5.00 Å². The summed E-state index contributed by atoms with van der Waals surface area (Å²) in [4.78, 5) is 16.2. The lowest BCUT2D eigenvalue weighted by Crippen LogP contribution is -2.14. The molecule has 0 radical (unpaired) electrons. The van der Waals surface area contributed by atoms with Crippen LogP contribution in [0.1, 0.15) is 22.8 Å². The van der Waals surface area contributed by atoms with E-state index in [2.05, 4.69) is 10.3 Å². The van der Waals surface area contributed by atoms with Crippen molar-refractivity contribution in [2.45, 2.75) is 6.92 Å². The average molecular weight is 273 g/mol. The van der Waals surface area contributed by atoms with Crippen LogP contribution in [0.15, 0.2) is 29.8 Å². The Bertz CT molecular complexity index is 631. The summed E-state index contributed by atoms with van der Waals surface area (Å²) in [7, 11) is 0. The van der Waals surface area contributed by atoms with Gasteiger partial charge in [-0.3, -0.25) is 4.79 Å². The van der Waals surface area contributed by atoms with E-state index in [9.17, 15) is 4.79 Å². The molecule has 96 valence electrons. The first-order valence-electron chi connectivity index (χ1n) is 5.63. The molecule has 5 nitrogen and oxygen atoms in total. The van der Waals surface area contributed by atoms with Crippen molar-refractivity contribution in [3.8, 4) is 11.9 Å². The highest BCUT2D eigenvalue weighted by molar-refractivity contribution is 7.14. The Balaban J connectivity index is 2.23. The van der Waals surface area contributed by atoms with E-state index in [1.165, 1.54) is 11.3 Å². The molecular weight excluding hydrogens is 262 g/mol. The topological polar surface area (TPSA) is 75.0 Å². The molecule has 1 amide bonds. The summed E-state index contributed by atoms with van der Waals surface area (Å²) in [5, 5.41) is 13.9. The van der Waals surface area contributed by atoms with Crippen LogP contribution in [0.5, 0.6) is 5.88 Å². The number of amides is 1. The summed E-state index contributed by atoms with van der Waals surface area (Å²) in [5.41, 5.74) is 0.793. The molecule has 19 heavy (non-hydrogen) atoms. The van der Waals surface area contributed by atoms with E-state index in [1.54, 1.807) is 29.8 Å². The largest absolute Gasteiger partial charge is 0.477 e. The van der Waals surface area contributed by atoms with Gasteiger partial charge in [-0.25, -0.2) is 4.98 Å². The number of nitrogens with one attached hydrogen (secondary N) is 1. The minimum Gasteiger partial charge on any atom is -0.477 e. The number of anilines is 1. The van der Waals surface area contributed by atoms with Crippen LogP contribution < -0.4 is 10.1 Å². The highest BCUT2D eigenvalue weighted by atomic mass is 32.1. The van der Waals surface area contributed by atoms with E-state index in [0.29, 0.717) is 22.7 Å². The standard InChI is InChI=1S/C13H11N3O2S/c1-2-18-12-10(4-3-6-15-12)11(17)16-13-9(8-14)5-7-19-13/h3-7H,2H2,1H3,(H,16,17). The molecular formula is C13H11N3O2S. The van der Waals surface area contributed by atoms with Crippen LogP contribution >= 0.6 is 11.3 Å². The first kappa shape index (κ1) is 13.1. The second-order valence-corrected chi connectivity index (χ2v) is 4.43. The number of pyridine rings is 1. The third kappa shape index (κ3) is 2.89. The van der Waals surface area contributed by atoms with Crippen molar-refractivity contribution in [2.75, 3.05) is 11.9 Å². The van der Waals surface area contributed by atoms with Crippen LogP contribution in [0.3, 0.4) is 0 Å². The van der Waals surface area contributed by atoms with Crippen molar-refractivity contribution < 1.29 is 9.53 Å². The number of aromatic nitrogens is 1. The predicted octanol–water partition coefficient (Wildman–Crippen LogP) is 2.67. The number of thiophene rings is 1. The molecule has 0 bridgehead atoms. The van der Waals surface area contributed by atoms with Crippen LogP contribution in [0.2, 0.25) is 0 Å². The fourth-order valence-corrected chi connectivity index (χ4v) is 2.21. The third-order valence-electron chi connectivity index (χ3n) is 2.31. The second-order valence-electron chi connectivity index (χ2n) is 3.52. The molecule has 0 unspecified atom stereocenters. The quantitative estimate of drug-likeness (QED) is 0.929. The zero-order valence-electron chi connectivity index (χ0n) is 10.2. The summed E-state index contributed by atoms with van der Waals surface area (Å²) < 4.78 is 5.30. The molecule has 6 heteroatoms. The van der Waals surface area contributed by atoms with Gasteiger partial charge >= 0.3 is 0 Å². The van der Waals surface area contributed by atoms with Crippen LogP contribution in [0, 0.1) is 11.3 Å². The molecule has 2 aromatic heterocycles. The molecule has 0 saturated heterocycles. The van der Waals surface area contributed by atoms with Gasteiger partial charge in [-0.1, -0.05) is 0 Å². The Morgan fingerprint density at radius 3 is 3.16 bits per heavy atom. The maximum Gasteiger partial charge on any atom is 0.261 e. The number of hydrogen-bond donors (Lipinski definition) is 1. The predicted molar refractivity (Wildman–Crippen MR) is 72.4 cm³/mol. The molecule has 1 N–H and O–H groups in total. The number of hydrogen-bond acceptors (Lipinski definition) is 5. The summed E-state index contributed by atoms with van der Waals surface area (Å²) in [6, 6.07) is 6.98. The lowest BCUT2D eigenvalue weighted by molar-refractivity contribution is 0.102. The molecule has 0 aliphatic rings. The monoisotopic (exact) mass is 273 g/mol. The zero-order valence-corrected chi connectivity index (χ0v) is 11.0. The molecule has 2 aromatic rings. The van der Waals surface area contributed by atoms with Gasteiger partial charge in [0, 0.05) is 6.20 Å². The molecule has 2 rings (SSSR count). The average Bonchev–Trinajstić information content (AvgIpc) is 2.87. The lowest BCUT2D eigenvalue weighted by atomic mass is 10.2. The third-order valence-corrected chi connectivity index (χ3v) is 3.14. The number of carbonyl (C=O) groups is 1. The number of rotatable bonds is 4. The molecule has 0 aliphatic heterocycles. The van der Waals surface area contributed by atoms with Gasteiger partial charge in [-0.2, -0.15) is 5.26 Å². The van der Waals surface area contributed by atoms with Crippen molar-refractivity contribution >= 4 is 22.2 Å². The minimum atomic E-state index is -0.338. The summed E-state index contributed by atoms with van der Waals surface area (Å²) in [6.45, 7) is 2.25. The van der Waals surface area contributed by atoms with Gasteiger partial charge in [-0.15, -0.1) is 11.3 Å². The minimum absolute atomic E-state index is 0.289. The van der Waals surface area contributed by atoms with E-state index >= 15 is 0 Å². The first-order chi connectivity index (χ1) is 9.26. The fraction of sp³-hybridized carbons (Fsp3) is 0.154. The van der Waals surface area contributed by atoms with Gasteiger partial charge in [-0.05, 0) is 30.5 Å². The molecule has 2 heterocycles. The summed E-state index contributed by atoms with van der Waals surface area (Å²) in [6.07, 6.45) is 1.56. The van der Waals surface area contributed by atoms with Crippen molar-refractivity contribution in [2.24, 2.45) is 0 Å². The highest BCUT2D eigenvalue weighted by Crippen LogP contribution is 2.24. The first-order valence-corrected chi connectivity index (χ1v) is 6.51. The molecule has 0 aromatic carbocycles. The number of nitrogens with zero attached hydrogens (tertiary/aromatic N) is 2. The second kappa shape index (κ2) is 5.98. The van der Waals surface area contributed by atoms with Gasteiger partial charge in [0.2, 0.25) is 5.88 Å². The van der Waals surface area contributed by atoms with Crippen LogP contribution in [0.25, 0.3) is 0 Å². The number of carbonyl (C=O) groups excluding carboxylic acids is 1. The van der Waals surface area contributed by atoms with Gasteiger partial charge in [0.05, 0.1) is 12.2 Å². The zero-order chi connectivity index (χ0) is 13.7. The Morgan fingerprint density at radius 2 is 2.42 bits per heavy atom. The molecule has 0 aliphatic carbocycles. The van der Waals surface area contributed by atoms with Crippen LogP contribution in [-0.4, -0.2) is 17.5 Å². The normalized spacial score (nSPS) is 9.68. The van der Waals surface area contributed by atoms with E-state index in [-0.39, 0.29) is 11.8 Å². The van der Waals surface area contributed by atoms with Crippen molar-refractivity contribution in [1.82, 2.24) is 4.98 Å². The van der Waals surface area contributed by atoms with Gasteiger partial charge in [0.25, 0.3) is 5.91 Å². The van der Waals surface area contributed by atoms with Gasteiger partial charge in [0.1, 0.15) is 16.6 Å². The number of ether oxygens (including phenoxy) is 1. The van der Waals surface area contributed by atoms with Crippen molar-refractivity contribution in [1.29, 1.82) is 5.26 Å². The molecule has 0 fully saturated rings. The van der Waals surface area contributed by atoms with Crippen LogP contribution in [-0.2, 0) is 0 Å². The highest BCUT2D eigenvalue weighted by Gasteiger charge is 2.15. The fourth-order valence-electron chi connectivity index (χ4n) is 1.48. The van der Waals surface area contributed by atoms with Crippen molar-refractivity contribution in [3.05, 3.63) is 40.9 Å². The van der Waals surface area contributed by atoms with E-state index in [0.717, 1.165) is 0 Å². The maximum atomic E-state index is 12.1. The summed E-state index contributed by atoms with van der Waals surface area (Å²) in [5.74, 6) is -0.0481. The SMILES string of the molecule is CCOc1ncccc1C(=O)Nc1sccc1C#N. The van der Waals surface area contributed by atoms with Gasteiger partial charge < -0.3 is 10.1 Å². The maximum absolute atomic E-state index is 12.1. The Hall–Kier alpha value is -2.39. The smallest absolute Gasteiger partial charge is 0.261 e. The van der Waals surface area contributed by atoms with Crippen molar-refractivity contribution in [3.63, 3.8) is 0 Å². The molecule has 0 saturated carbocycles. The Kier molecular flexibility index (Phi) is 4.11. The lowest BCUT2D eigenvalue weighted by Gasteiger charge is -2.08. The Morgan fingerprint density at radius 1 is 1.58 bits per heavy atom. The van der Waals surface area contributed by atoms with E-state index < -0.39 is 0 Å². The van der Waals surface area contributed by atoms with E-state index in [1.807, 2.05) is 13.0 Å². The summed E-state index contributed by atoms with van der Waals surface area (Å²) >= 11 is 1.30. The molecule has 0 spiro atoms. The number of nitriles is 1. The van der Waals surface area contributed by atoms with E-state index in [4.69, 9.17) is 10.00 Å². The van der Waals surface area contributed by atoms with Gasteiger partial charge in [0.15, 0.2) is 0 Å².